The molecule has 0 spiro atoms. The quantitative estimate of drug-likeness (QED) is 0.529. The minimum absolute atomic E-state index is 0.124. The molecule has 1 aliphatic heterocycles. The zero-order chi connectivity index (χ0) is 23.0. The van der Waals surface area contributed by atoms with Crippen LogP contribution in [0.3, 0.4) is 0 Å². The van der Waals surface area contributed by atoms with Crippen molar-refractivity contribution in [2.24, 2.45) is 23.2 Å². The number of hydrogen-bond acceptors (Lipinski definition) is 4. The summed E-state index contributed by atoms with van der Waals surface area (Å²) in [6.07, 6.45) is 8.66. The molecule has 1 saturated heterocycles. The van der Waals surface area contributed by atoms with Gasteiger partial charge in [-0.1, -0.05) is 25.8 Å². The topological polar surface area (TPSA) is 55.8 Å². The molecule has 182 valence electrons. The summed E-state index contributed by atoms with van der Waals surface area (Å²) in [6.45, 7) is 3.01. The van der Waals surface area contributed by atoms with Crippen LogP contribution in [0.4, 0.5) is 4.39 Å². The molecule has 4 aliphatic rings. The van der Waals surface area contributed by atoms with Gasteiger partial charge in [0.05, 0.1) is 6.61 Å². The monoisotopic (exact) mass is 458 g/mol. The van der Waals surface area contributed by atoms with Gasteiger partial charge in [-0.2, -0.15) is 0 Å². The van der Waals surface area contributed by atoms with Crippen molar-refractivity contribution in [2.45, 2.75) is 95.9 Å². The first-order valence-corrected chi connectivity index (χ1v) is 13.2. The van der Waals surface area contributed by atoms with Crippen molar-refractivity contribution in [3.63, 3.8) is 0 Å². The molecule has 1 aromatic rings. The Morgan fingerprint density at radius 1 is 1.21 bits per heavy atom. The minimum atomic E-state index is -0.981. The molecule has 0 aromatic heterocycles. The minimum Gasteiger partial charge on any atom is -0.465 e. The number of ketones is 1. The Morgan fingerprint density at radius 2 is 2.09 bits per heavy atom. The highest BCUT2D eigenvalue weighted by atomic mass is 19.1. The predicted molar refractivity (Wildman–Crippen MR) is 125 cm³/mol. The third kappa shape index (κ3) is 4.36. The van der Waals surface area contributed by atoms with E-state index in [1.54, 1.807) is 0 Å². The molecule has 5 rings (SSSR count). The van der Waals surface area contributed by atoms with Crippen molar-refractivity contribution >= 4 is 5.78 Å². The van der Waals surface area contributed by atoms with Crippen LogP contribution in [0.2, 0.25) is 0 Å². The maximum Gasteiger partial charge on any atom is 0.199 e. The van der Waals surface area contributed by atoms with Gasteiger partial charge in [0.1, 0.15) is 17.7 Å². The van der Waals surface area contributed by atoms with Gasteiger partial charge < -0.3 is 14.6 Å². The Bertz CT molecular complexity index is 850. The number of carbonyl (C=O) groups excluding carboxylic acids is 1. The molecular formula is C28H39FO4. The van der Waals surface area contributed by atoms with E-state index in [1.807, 2.05) is 13.0 Å². The molecule has 33 heavy (non-hydrogen) atoms. The molecule has 3 aliphatic carbocycles. The lowest BCUT2D eigenvalue weighted by Crippen LogP contribution is -2.50. The molecule has 5 heteroatoms. The summed E-state index contributed by atoms with van der Waals surface area (Å²) in [5.41, 5.74) is 1.85. The Labute approximate surface area is 197 Å². The molecule has 1 unspecified atom stereocenters. The van der Waals surface area contributed by atoms with E-state index in [0.29, 0.717) is 18.8 Å². The highest BCUT2D eigenvalue weighted by molar-refractivity contribution is 5.87. The summed E-state index contributed by atoms with van der Waals surface area (Å²) in [5, 5.41) is 9.20. The molecule has 1 heterocycles. The molecule has 7 atom stereocenters. The fourth-order valence-electron chi connectivity index (χ4n) is 7.55. The van der Waals surface area contributed by atoms with Crippen molar-refractivity contribution in [3.8, 4) is 5.75 Å². The van der Waals surface area contributed by atoms with Crippen molar-refractivity contribution in [1.82, 2.24) is 0 Å². The van der Waals surface area contributed by atoms with Crippen LogP contribution < -0.4 is 4.74 Å². The van der Waals surface area contributed by atoms with Gasteiger partial charge in [0.15, 0.2) is 6.29 Å². The average Bonchev–Trinajstić information content (AvgIpc) is 3.10. The van der Waals surface area contributed by atoms with E-state index in [9.17, 15) is 9.90 Å². The number of ether oxygens (including phenoxy) is 2. The van der Waals surface area contributed by atoms with Gasteiger partial charge in [0, 0.05) is 30.8 Å². The first kappa shape index (κ1) is 23.3. The highest BCUT2D eigenvalue weighted by Crippen LogP contribution is 2.62. The van der Waals surface area contributed by atoms with Crippen LogP contribution in [0.1, 0.15) is 88.2 Å². The Balaban J connectivity index is 1.43. The zero-order valence-electron chi connectivity index (χ0n) is 19.9. The van der Waals surface area contributed by atoms with Crippen LogP contribution >= 0.6 is 0 Å². The van der Waals surface area contributed by atoms with Gasteiger partial charge in [-0.15, -0.1) is 0 Å². The number of alkyl halides is 1. The number of Topliss-reactive ketones (excluding diaryl/α,β-unsaturated/α-hetero) is 1. The molecular weight excluding hydrogens is 419 g/mol. The Kier molecular flexibility index (Phi) is 6.81. The smallest absolute Gasteiger partial charge is 0.199 e. The fraction of sp³-hybridized carbons (Fsp3) is 0.750. The number of unbranched alkanes of at least 4 members (excludes halogenated alkanes) is 2. The van der Waals surface area contributed by atoms with Gasteiger partial charge >= 0.3 is 0 Å². The summed E-state index contributed by atoms with van der Waals surface area (Å²) < 4.78 is 27.8. The van der Waals surface area contributed by atoms with Gasteiger partial charge in [-0.3, -0.25) is 4.79 Å². The van der Waals surface area contributed by atoms with E-state index in [2.05, 4.69) is 12.1 Å². The number of halogens is 1. The number of carbonyl (C=O) groups is 1. The van der Waals surface area contributed by atoms with Crippen molar-refractivity contribution in [1.29, 1.82) is 0 Å². The van der Waals surface area contributed by atoms with Crippen molar-refractivity contribution < 1.29 is 23.8 Å². The van der Waals surface area contributed by atoms with Crippen LogP contribution in [0, 0.1) is 23.2 Å². The summed E-state index contributed by atoms with van der Waals surface area (Å²) in [7, 11) is 0. The first-order valence-electron chi connectivity index (χ1n) is 13.2. The molecule has 4 nitrogen and oxygen atoms in total. The lowest BCUT2D eigenvalue weighted by atomic mass is 9.51. The molecule has 1 aromatic carbocycles. The second kappa shape index (κ2) is 9.65. The summed E-state index contributed by atoms with van der Waals surface area (Å²) in [6, 6.07) is 6.22. The molecule has 1 N–H and O–H groups in total. The van der Waals surface area contributed by atoms with Crippen LogP contribution in [-0.2, 0) is 16.0 Å². The molecule has 0 bridgehead atoms. The van der Waals surface area contributed by atoms with Gasteiger partial charge in [0.2, 0.25) is 0 Å². The average molecular weight is 459 g/mol. The van der Waals surface area contributed by atoms with Crippen LogP contribution in [0.25, 0.3) is 0 Å². The lowest BCUT2D eigenvalue weighted by Gasteiger charge is -2.53. The van der Waals surface area contributed by atoms with Gasteiger partial charge in [-0.05, 0) is 86.0 Å². The van der Waals surface area contributed by atoms with Crippen molar-refractivity contribution in [3.05, 3.63) is 29.3 Å². The number of rotatable bonds is 7. The lowest BCUT2D eigenvalue weighted by molar-refractivity contribution is -0.132. The van der Waals surface area contributed by atoms with Gasteiger partial charge in [0.25, 0.3) is 0 Å². The Morgan fingerprint density at radius 3 is 2.88 bits per heavy atom. The molecule has 0 amide bonds. The maximum absolute atomic E-state index is 15.9. The maximum atomic E-state index is 15.9. The number of fused-ring (bicyclic) bond motifs is 5. The molecule has 2 saturated carbocycles. The second-order valence-corrected chi connectivity index (χ2v) is 11.1. The van der Waals surface area contributed by atoms with Crippen LogP contribution in [0.5, 0.6) is 5.75 Å². The van der Waals surface area contributed by atoms with Crippen LogP contribution in [0.15, 0.2) is 18.2 Å². The highest BCUT2D eigenvalue weighted by Gasteiger charge is 2.60. The number of aliphatic hydroxyl groups is 1. The van der Waals surface area contributed by atoms with E-state index >= 15 is 4.39 Å². The first-order chi connectivity index (χ1) is 16.0. The third-order valence-electron chi connectivity index (χ3n) is 9.16. The van der Waals surface area contributed by atoms with Crippen molar-refractivity contribution in [2.75, 3.05) is 13.2 Å². The normalized spacial score (nSPS) is 37.8. The number of hydrogen-bond donors (Lipinski definition) is 1. The SMILES string of the molecule is C[C@]12C[C@H](F)[C@@H]3c4ccc(OC5CCCCO5)cc4C[C@@H](CCCCCO)[C@H]3[C@@H]1CCC2=O. The predicted octanol–water partition coefficient (Wildman–Crippen LogP) is 5.74. The van der Waals surface area contributed by atoms with E-state index in [4.69, 9.17) is 9.47 Å². The largest absolute Gasteiger partial charge is 0.465 e. The number of benzene rings is 1. The third-order valence-corrected chi connectivity index (χ3v) is 9.16. The van der Waals surface area contributed by atoms with E-state index in [-0.39, 0.29) is 36.4 Å². The number of aliphatic hydroxyl groups excluding tert-OH is 1. The molecule has 0 radical (unpaired) electrons. The zero-order valence-corrected chi connectivity index (χ0v) is 19.9. The van der Waals surface area contributed by atoms with E-state index < -0.39 is 11.6 Å². The summed E-state index contributed by atoms with van der Waals surface area (Å²) >= 11 is 0. The summed E-state index contributed by atoms with van der Waals surface area (Å²) in [4.78, 5) is 12.8. The van der Waals surface area contributed by atoms with E-state index in [1.165, 1.54) is 5.56 Å². The summed E-state index contributed by atoms with van der Waals surface area (Å²) in [5.74, 6) is 1.85. The Hall–Kier alpha value is -1.46. The van der Waals surface area contributed by atoms with Crippen LogP contribution in [-0.4, -0.2) is 36.6 Å². The standard InChI is InChI=1S/C28H39FO4/c1-28-17-23(29)27-21-10-9-20(33-25-8-4-6-14-32-25)16-19(21)15-18(7-3-2-5-13-30)26(27)22(28)11-12-24(28)31/h9-10,16,18,22-23,25-27,30H,2-8,11-15,17H2,1H3/t18-,22+,23+,25?,26+,27+,28+/m1/s1. The fourth-order valence-corrected chi connectivity index (χ4v) is 7.55. The molecule has 3 fully saturated rings. The van der Waals surface area contributed by atoms with Gasteiger partial charge in [-0.25, -0.2) is 4.39 Å². The second-order valence-electron chi connectivity index (χ2n) is 11.1. The van der Waals surface area contributed by atoms with E-state index in [0.717, 1.165) is 75.7 Å².